The fourth-order valence-corrected chi connectivity index (χ4v) is 1.98. The minimum Gasteiger partial charge on any atom is -0.243 e. The van der Waals surface area contributed by atoms with Crippen LogP contribution in [0.1, 0.15) is 52.9 Å². The first-order chi connectivity index (χ1) is 5.08. The molecule has 0 bridgehead atoms. The fourth-order valence-electron chi connectivity index (χ4n) is 1.98. The Balaban J connectivity index is 2.59. The lowest BCUT2D eigenvalue weighted by Gasteiger charge is -2.31. The van der Waals surface area contributed by atoms with Crippen LogP contribution in [0.4, 0.5) is 4.39 Å². The topological polar surface area (TPSA) is 0 Å². The second-order valence-electron chi connectivity index (χ2n) is 4.13. The first-order valence-corrected chi connectivity index (χ1v) is 4.77. The Hall–Kier alpha value is -0.0700. The molecule has 0 radical (unpaired) electrons. The van der Waals surface area contributed by atoms with Gasteiger partial charge < -0.3 is 0 Å². The van der Waals surface area contributed by atoms with Crippen LogP contribution < -0.4 is 0 Å². The van der Waals surface area contributed by atoms with E-state index in [0.29, 0.717) is 0 Å². The zero-order chi connectivity index (χ0) is 8.54. The van der Waals surface area contributed by atoms with Crippen LogP contribution >= 0.6 is 0 Å². The van der Waals surface area contributed by atoms with Gasteiger partial charge in [0.1, 0.15) is 5.67 Å². The van der Waals surface area contributed by atoms with Gasteiger partial charge in [0.25, 0.3) is 0 Å². The van der Waals surface area contributed by atoms with E-state index < -0.39 is 5.67 Å². The maximum atomic E-state index is 13.7. The van der Waals surface area contributed by atoms with Crippen molar-refractivity contribution < 1.29 is 4.39 Å². The minimum absolute atomic E-state index is 0.0260. The van der Waals surface area contributed by atoms with E-state index in [1.165, 1.54) is 0 Å². The van der Waals surface area contributed by atoms with E-state index >= 15 is 0 Å². The van der Waals surface area contributed by atoms with Crippen LogP contribution in [0.5, 0.6) is 0 Å². The molecule has 0 N–H and O–H groups in total. The molecule has 1 atom stereocenters. The number of hydrogen-bond donors (Lipinski definition) is 0. The summed E-state index contributed by atoms with van der Waals surface area (Å²) in [5.41, 5.74) is -0.820. The molecular weight excluding hydrogens is 139 g/mol. The van der Waals surface area contributed by atoms with Crippen molar-refractivity contribution in [3.05, 3.63) is 0 Å². The molecule has 0 aromatic heterocycles. The average Bonchev–Trinajstić information content (AvgIpc) is 2.70. The minimum atomic E-state index is -0.794. The molecule has 66 valence electrons. The highest BCUT2D eigenvalue weighted by Crippen LogP contribution is 2.57. The molecule has 0 amide bonds. The van der Waals surface area contributed by atoms with Crippen molar-refractivity contribution in [1.82, 2.24) is 0 Å². The highest BCUT2D eigenvalue weighted by molar-refractivity contribution is 5.06. The lowest BCUT2D eigenvalue weighted by molar-refractivity contribution is 0.0838. The maximum Gasteiger partial charge on any atom is 0.116 e. The quantitative estimate of drug-likeness (QED) is 0.585. The normalized spacial score (nSPS) is 26.2. The van der Waals surface area contributed by atoms with Crippen LogP contribution in [0.25, 0.3) is 0 Å². The highest BCUT2D eigenvalue weighted by atomic mass is 19.1. The largest absolute Gasteiger partial charge is 0.243 e. The van der Waals surface area contributed by atoms with Gasteiger partial charge in [0.05, 0.1) is 0 Å². The highest BCUT2D eigenvalue weighted by Gasteiger charge is 2.56. The van der Waals surface area contributed by atoms with Gasteiger partial charge in [-0.05, 0) is 25.7 Å². The van der Waals surface area contributed by atoms with E-state index in [9.17, 15) is 4.39 Å². The zero-order valence-corrected chi connectivity index (χ0v) is 7.91. The molecule has 1 heteroatoms. The Morgan fingerprint density at radius 2 is 1.91 bits per heavy atom. The molecule has 0 nitrogen and oxygen atoms in total. The summed E-state index contributed by atoms with van der Waals surface area (Å²) < 4.78 is 13.7. The molecule has 0 saturated heterocycles. The molecule has 0 spiro atoms. The van der Waals surface area contributed by atoms with E-state index in [1.807, 2.05) is 0 Å². The smallest absolute Gasteiger partial charge is 0.116 e. The molecule has 0 heterocycles. The molecular formula is C10H19F. The summed E-state index contributed by atoms with van der Waals surface area (Å²) in [5, 5.41) is 0. The molecule has 1 fully saturated rings. The molecule has 0 aromatic carbocycles. The Morgan fingerprint density at radius 3 is 2.18 bits per heavy atom. The fraction of sp³-hybridized carbons (Fsp3) is 1.00. The summed E-state index contributed by atoms with van der Waals surface area (Å²) in [6.45, 7) is 6.35. The van der Waals surface area contributed by atoms with Crippen molar-refractivity contribution >= 4 is 0 Å². The SMILES string of the molecule is CCCC(C)(CC)C1(F)CC1. The molecule has 0 aliphatic heterocycles. The van der Waals surface area contributed by atoms with Gasteiger partial charge in [0.2, 0.25) is 0 Å². The van der Waals surface area contributed by atoms with E-state index in [-0.39, 0.29) is 5.41 Å². The van der Waals surface area contributed by atoms with Gasteiger partial charge in [0, 0.05) is 5.41 Å². The second kappa shape index (κ2) is 2.76. The second-order valence-corrected chi connectivity index (χ2v) is 4.13. The van der Waals surface area contributed by atoms with E-state index in [0.717, 1.165) is 32.1 Å². The number of rotatable bonds is 4. The summed E-state index contributed by atoms with van der Waals surface area (Å²) >= 11 is 0. The molecule has 1 aliphatic rings. The summed E-state index contributed by atoms with van der Waals surface area (Å²) in [5.74, 6) is 0. The molecule has 1 rings (SSSR count). The van der Waals surface area contributed by atoms with Gasteiger partial charge in [-0.25, -0.2) is 4.39 Å². The molecule has 1 saturated carbocycles. The van der Waals surface area contributed by atoms with E-state index in [1.54, 1.807) is 0 Å². The van der Waals surface area contributed by atoms with Gasteiger partial charge in [-0.15, -0.1) is 0 Å². The van der Waals surface area contributed by atoms with Crippen molar-refractivity contribution in [2.24, 2.45) is 5.41 Å². The number of hydrogen-bond acceptors (Lipinski definition) is 0. The van der Waals surface area contributed by atoms with E-state index in [2.05, 4.69) is 20.8 Å². The maximum absolute atomic E-state index is 13.7. The summed E-state index contributed by atoms with van der Waals surface area (Å²) in [4.78, 5) is 0. The number of halogens is 1. The Bertz CT molecular complexity index is 138. The van der Waals surface area contributed by atoms with Crippen molar-refractivity contribution in [3.63, 3.8) is 0 Å². The standard InChI is InChI=1S/C10H19F/c1-4-6-9(3,5-2)10(11)7-8-10/h4-8H2,1-3H3. The van der Waals surface area contributed by atoms with Crippen molar-refractivity contribution in [2.75, 3.05) is 0 Å². The zero-order valence-electron chi connectivity index (χ0n) is 7.91. The van der Waals surface area contributed by atoms with E-state index in [4.69, 9.17) is 0 Å². The lowest BCUT2D eigenvalue weighted by atomic mass is 9.77. The predicted octanol–water partition coefficient (Wildman–Crippen LogP) is 3.70. The molecule has 0 aromatic rings. The Kier molecular flexibility index (Phi) is 2.27. The van der Waals surface area contributed by atoms with Crippen molar-refractivity contribution in [3.8, 4) is 0 Å². The lowest BCUT2D eigenvalue weighted by Crippen LogP contribution is -2.29. The third-order valence-corrected chi connectivity index (χ3v) is 3.35. The van der Waals surface area contributed by atoms with Crippen LogP contribution in [-0.2, 0) is 0 Å². The summed E-state index contributed by atoms with van der Waals surface area (Å²) in [7, 11) is 0. The van der Waals surface area contributed by atoms with Crippen LogP contribution in [0.15, 0.2) is 0 Å². The monoisotopic (exact) mass is 158 g/mol. The van der Waals surface area contributed by atoms with Crippen LogP contribution in [0, 0.1) is 5.41 Å². The summed E-state index contributed by atoms with van der Waals surface area (Å²) in [6.07, 6.45) is 4.74. The Labute approximate surface area is 69.2 Å². The van der Waals surface area contributed by atoms with Gasteiger partial charge in [-0.3, -0.25) is 0 Å². The first kappa shape index (κ1) is 9.02. The van der Waals surface area contributed by atoms with Crippen molar-refractivity contribution in [2.45, 2.75) is 58.5 Å². The van der Waals surface area contributed by atoms with Gasteiger partial charge in [-0.2, -0.15) is 0 Å². The average molecular weight is 158 g/mol. The van der Waals surface area contributed by atoms with Gasteiger partial charge >= 0.3 is 0 Å². The third kappa shape index (κ3) is 1.43. The number of alkyl halides is 1. The van der Waals surface area contributed by atoms with Gasteiger partial charge in [0.15, 0.2) is 0 Å². The third-order valence-electron chi connectivity index (χ3n) is 3.35. The Morgan fingerprint density at radius 1 is 1.36 bits per heavy atom. The van der Waals surface area contributed by atoms with Crippen molar-refractivity contribution in [1.29, 1.82) is 0 Å². The molecule has 11 heavy (non-hydrogen) atoms. The predicted molar refractivity (Wildman–Crippen MR) is 46.4 cm³/mol. The van der Waals surface area contributed by atoms with Crippen LogP contribution in [0.2, 0.25) is 0 Å². The van der Waals surface area contributed by atoms with Gasteiger partial charge in [-0.1, -0.05) is 27.2 Å². The summed E-state index contributed by atoms with van der Waals surface area (Å²) in [6, 6.07) is 0. The molecule has 1 aliphatic carbocycles. The van der Waals surface area contributed by atoms with Crippen LogP contribution in [-0.4, -0.2) is 5.67 Å². The first-order valence-electron chi connectivity index (χ1n) is 4.77. The molecule has 1 unspecified atom stereocenters. The van der Waals surface area contributed by atoms with Crippen LogP contribution in [0.3, 0.4) is 0 Å².